The van der Waals surface area contributed by atoms with Crippen molar-refractivity contribution in [2.75, 3.05) is 11.9 Å². The highest BCUT2D eigenvalue weighted by atomic mass is 35.5. The van der Waals surface area contributed by atoms with Gasteiger partial charge in [0.25, 0.3) is 0 Å². The average molecular weight is 333 g/mol. The second kappa shape index (κ2) is 7.52. The topological polar surface area (TPSA) is 43.4 Å². The van der Waals surface area contributed by atoms with Crippen LogP contribution in [0.4, 0.5) is 5.82 Å². The van der Waals surface area contributed by atoms with Gasteiger partial charge in [-0.2, -0.15) is 4.98 Å². The largest absolute Gasteiger partial charge is 0.473 e. The van der Waals surface area contributed by atoms with E-state index in [2.05, 4.69) is 31.1 Å². The fourth-order valence-electron chi connectivity index (χ4n) is 2.50. The second-order valence-corrected chi connectivity index (χ2v) is 6.32. The van der Waals surface area contributed by atoms with Crippen LogP contribution in [0.5, 0.6) is 5.88 Å². The highest BCUT2D eigenvalue weighted by Gasteiger charge is 2.27. The predicted molar refractivity (Wildman–Crippen MR) is 86.7 cm³/mol. The third kappa shape index (κ3) is 4.63. The maximum Gasteiger partial charge on any atom is 0.234 e. The number of hydrogen-bond donors (Lipinski definition) is 1. The Labute approximate surface area is 136 Å². The van der Waals surface area contributed by atoms with Crippen molar-refractivity contribution in [3.8, 4) is 5.88 Å². The summed E-state index contributed by atoms with van der Waals surface area (Å²) in [7, 11) is 0. The Balaban J connectivity index is 2.11. The number of nitrogens with one attached hydrogen (secondary N) is 1. The fraction of sp³-hybridized carbons (Fsp3) is 0.667. The Kier molecular flexibility index (Phi) is 5.97. The minimum Gasteiger partial charge on any atom is -0.473 e. The van der Waals surface area contributed by atoms with Gasteiger partial charge in [0.1, 0.15) is 16.9 Å². The molecule has 1 aliphatic heterocycles. The average Bonchev–Trinajstić information content (AvgIpc) is 2.39. The lowest BCUT2D eigenvalue weighted by Crippen LogP contribution is -2.36. The van der Waals surface area contributed by atoms with Gasteiger partial charge in [-0.3, -0.25) is 0 Å². The summed E-state index contributed by atoms with van der Waals surface area (Å²) in [5, 5.41) is 4.13. The van der Waals surface area contributed by atoms with Gasteiger partial charge in [-0.1, -0.05) is 30.1 Å². The summed E-state index contributed by atoms with van der Waals surface area (Å²) in [6, 6.07) is 1.68. The van der Waals surface area contributed by atoms with Gasteiger partial charge < -0.3 is 14.8 Å². The summed E-state index contributed by atoms with van der Waals surface area (Å²) in [6.07, 6.45) is 3.09. The van der Waals surface area contributed by atoms with Crippen LogP contribution in [-0.4, -0.2) is 29.8 Å². The van der Waals surface area contributed by atoms with Gasteiger partial charge in [-0.25, -0.2) is 0 Å². The number of anilines is 1. The van der Waals surface area contributed by atoms with Gasteiger partial charge in [-0.15, -0.1) is 0 Å². The number of hydrogen-bond acceptors (Lipinski definition) is 4. The first-order valence-corrected chi connectivity index (χ1v) is 8.17. The Hall–Kier alpha value is -0.710. The molecule has 6 heteroatoms. The molecular formula is C15H22Cl2N2O2. The molecule has 0 saturated carbocycles. The molecule has 1 aromatic rings. The van der Waals surface area contributed by atoms with Gasteiger partial charge >= 0.3 is 0 Å². The van der Waals surface area contributed by atoms with E-state index >= 15 is 0 Å². The lowest BCUT2D eigenvalue weighted by Gasteiger charge is -2.32. The zero-order valence-electron chi connectivity index (χ0n) is 12.7. The van der Waals surface area contributed by atoms with E-state index in [4.69, 9.17) is 32.7 Å². The van der Waals surface area contributed by atoms with E-state index in [1.54, 1.807) is 6.07 Å². The monoisotopic (exact) mass is 332 g/mol. The van der Waals surface area contributed by atoms with E-state index in [1.165, 1.54) is 0 Å². The molecule has 0 bridgehead atoms. The van der Waals surface area contributed by atoms with Crippen molar-refractivity contribution in [2.45, 2.75) is 58.3 Å². The summed E-state index contributed by atoms with van der Waals surface area (Å²) < 4.78 is 11.7. The predicted octanol–water partition coefficient (Wildman–Crippen LogP) is 4.55. The van der Waals surface area contributed by atoms with E-state index in [1.807, 2.05) is 0 Å². The quantitative estimate of drug-likeness (QED) is 0.859. The zero-order chi connectivity index (χ0) is 15.4. The van der Waals surface area contributed by atoms with Crippen molar-refractivity contribution in [2.24, 2.45) is 0 Å². The van der Waals surface area contributed by atoms with Crippen LogP contribution in [0.3, 0.4) is 0 Å². The van der Waals surface area contributed by atoms with Crippen molar-refractivity contribution in [1.82, 2.24) is 4.98 Å². The van der Waals surface area contributed by atoms with Crippen LogP contribution < -0.4 is 10.1 Å². The SMILES string of the molecule is CCCNc1nc(OC2CC(C)OC(C)C2)c(Cl)cc1Cl. The van der Waals surface area contributed by atoms with Crippen LogP contribution >= 0.6 is 23.2 Å². The number of aromatic nitrogens is 1. The third-order valence-corrected chi connectivity index (χ3v) is 3.93. The smallest absolute Gasteiger partial charge is 0.234 e. The summed E-state index contributed by atoms with van der Waals surface area (Å²) >= 11 is 12.3. The molecule has 1 aromatic heterocycles. The molecule has 2 unspecified atom stereocenters. The fourth-order valence-corrected chi connectivity index (χ4v) is 2.97. The zero-order valence-corrected chi connectivity index (χ0v) is 14.2. The molecule has 1 N–H and O–H groups in total. The van der Waals surface area contributed by atoms with Crippen molar-refractivity contribution in [3.05, 3.63) is 16.1 Å². The highest BCUT2D eigenvalue weighted by Crippen LogP contribution is 2.33. The minimum absolute atomic E-state index is 0.0638. The molecule has 0 aliphatic carbocycles. The van der Waals surface area contributed by atoms with Crippen molar-refractivity contribution in [3.63, 3.8) is 0 Å². The van der Waals surface area contributed by atoms with Crippen LogP contribution in [0.25, 0.3) is 0 Å². The molecule has 2 atom stereocenters. The molecule has 1 aliphatic rings. The highest BCUT2D eigenvalue weighted by molar-refractivity contribution is 6.36. The number of ether oxygens (including phenoxy) is 2. The second-order valence-electron chi connectivity index (χ2n) is 5.50. The number of halogens is 2. The maximum absolute atomic E-state index is 6.20. The molecule has 118 valence electrons. The maximum atomic E-state index is 6.20. The molecule has 0 spiro atoms. The van der Waals surface area contributed by atoms with Crippen LogP contribution in [-0.2, 0) is 4.74 Å². The summed E-state index contributed by atoms with van der Waals surface area (Å²) in [5.74, 6) is 1.05. The normalized spacial score (nSPS) is 25.7. The molecule has 0 amide bonds. The standard InChI is InChI=1S/C15H22Cl2N2O2/c1-4-5-18-14-12(16)8-13(17)15(19-14)21-11-6-9(2)20-10(3)7-11/h8-11H,4-7H2,1-3H3,(H,18,19). The molecule has 2 heterocycles. The van der Waals surface area contributed by atoms with Crippen molar-refractivity contribution >= 4 is 29.0 Å². The van der Waals surface area contributed by atoms with Crippen molar-refractivity contribution in [1.29, 1.82) is 0 Å². The van der Waals surface area contributed by atoms with Crippen molar-refractivity contribution < 1.29 is 9.47 Å². The van der Waals surface area contributed by atoms with E-state index in [0.717, 1.165) is 25.8 Å². The lowest BCUT2D eigenvalue weighted by atomic mass is 10.0. The summed E-state index contributed by atoms with van der Waals surface area (Å²) in [6.45, 7) is 6.99. The Morgan fingerprint density at radius 1 is 1.29 bits per heavy atom. The molecule has 4 nitrogen and oxygen atoms in total. The Morgan fingerprint density at radius 3 is 2.57 bits per heavy atom. The molecular weight excluding hydrogens is 311 g/mol. The first kappa shape index (κ1) is 16.7. The van der Waals surface area contributed by atoms with Crippen LogP contribution in [0, 0.1) is 0 Å². The van der Waals surface area contributed by atoms with Gasteiger partial charge in [-0.05, 0) is 26.3 Å². The van der Waals surface area contributed by atoms with Crippen LogP contribution in [0.2, 0.25) is 10.0 Å². The van der Waals surface area contributed by atoms with E-state index in [0.29, 0.717) is 21.7 Å². The first-order valence-electron chi connectivity index (χ1n) is 7.41. The molecule has 1 saturated heterocycles. The van der Waals surface area contributed by atoms with E-state index in [9.17, 15) is 0 Å². The van der Waals surface area contributed by atoms with Gasteiger partial charge in [0.05, 0.1) is 17.2 Å². The molecule has 21 heavy (non-hydrogen) atoms. The third-order valence-electron chi connectivity index (χ3n) is 3.37. The number of nitrogens with zero attached hydrogens (tertiary/aromatic N) is 1. The molecule has 2 rings (SSSR count). The minimum atomic E-state index is 0.0638. The Morgan fingerprint density at radius 2 is 1.95 bits per heavy atom. The van der Waals surface area contributed by atoms with Gasteiger partial charge in [0, 0.05) is 19.4 Å². The first-order chi connectivity index (χ1) is 9.99. The summed E-state index contributed by atoms with van der Waals surface area (Å²) in [4.78, 5) is 4.42. The van der Waals surface area contributed by atoms with Crippen LogP contribution in [0.15, 0.2) is 6.07 Å². The lowest BCUT2D eigenvalue weighted by molar-refractivity contribution is -0.0729. The summed E-state index contributed by atoms with van der Waals surface area (Å²) in [5.41, 5.74) is 0. The number of rotatable bonds is 5. The molecule has 0 aromatic carbocycles. The number of pyridine rings is 1. The van der Waals surface area contributed by atoms with Gasteiger partial charge in [0.15, 0.2) is 0 Å². The molecule has 1 fully saturated rings. The van der Waals surface area contributed by atoms with E-state index < -0.39 is 0 Å². The molecule has 0 radical (unpaired) electrons. The van der Waals surface area contributed by atoms with Gasteiger partial charge in [0.2, 0.25) is 5.88 Å². The van der Waals surface area contributed by atoms with Crippen LogP contribution in [0.1, 0.15) is 40.0 Å². The Bertz CT molecular complexity index is 475. The van der Waals surface area contributed by atoms with E-state index in [-0.39, 0.29) is 18.3 Å².